The van der Waals surface area contributed by atoms with Crippen molar-refractivity contribution in [3.63, 3.8) is 0 Å². The molecule has 0 spiro atoms. The number of aromatic amines is 1. The molecule has 0 radical (unpaired) electrons. The van der Waals surface area contributed by atoms with Gasteiger partial charge >= 0.3 is 0 Å². The minimum Gasteiger partial charge on any atom is -0.320 e. The quantitative estimate of drug-likeness (QED) is 0.895. The lowest BCUT2D eigenvalue weighted by molar-refractivity contribution is 0.102. The topological polar surface area (TPSA) is 74.8 Å². The summed E-state index contributed by atoms with van der Waals surface area (Å²) in [7, 11) is 0. The molecular weight excluding hydrogens is 301 g/mol. The molecule has 0 fully saturated rings. The van der Waals surface area contributed by atoms with Crippen molar-refractivity contribution in [1.82, 2.24) is 9.97 Å². The van der Waals surface area contributed by atoms with Crippen molar-refractivity contribution in [2.75, 3.05) is 5.32 Å². The van der Waals surface area contributed by atoms with E-state index in [1.807, 2.05) is 0 Å². The molecule has 7 heteroatoms. The second kappa shape index (κ2) is 5.64. The first kappa shape index (κ1) is 14.6. The van der Waals surface area contributed by atoms with Gasteiger partial charge < -0.3 is 10.3 Å². The lowest BCUT2D eigenvalue weighted by atomic mass is 10.2. The molecule has 0 saturated heterocycles. The first-order valence-corrected chi connectivity index (χ1v) is 6.48. The second-order valence-electron chi connectivity index (χ2n) is 4.17. The van der Waals surface area contributed by atoms with E-state index in [9.17, 15) is 9.59 Å². The highest BCUT2D eigenvalue weighted by Gasteiger charge is 2.17. The number of hydrogen-bond donors (Lipinski definition) is 2. The van der Waals surface area contributed by atoms with Gasteiger partial charge in [0.1, 0.15) is 11.4 Å². The highest BCUT2D eigenvalue weighted by Crippen LogP contribution is 2.29. The number of nitrogens with zero attached hydrogens (tertiary/aromatic N) is 1. The summed E-state index contributed by atoms with van der Waals surface area (Å²) in [6, 6.07) is 4.84. The maximum atomic E-state index is 12.2. The SMILES string of the molecule is Cc1nc(C)c(C(=O)Nc2cccc(Cl)c2Cl)c(=O)[nH]1. The Bertz CT molecular complexity index is 741. The van der Waals surface area contributed by atoms with E-state index in [4.69, 9.17) is 23.2 Å². The molecule has 104 valence electrons. The Morgan fingerprint density at radius 2 is 2.00 bits per heavy atom. The molecule has 5 nitrogen and oxygen atoms in total. The van der Waals surface area contributed by atoms with Gasteiger partial charge in [0.25, 0.3) is 11.5 Å². The van der Waals surface area contributed by atoms with Gasteiger partial charge in [-0.1, -0.05) is 29.3 Å². The fourth-order valence-corrected chi connectivity index (χ4v) is 2.13. The lowest BCUT2D eigenvalue weighted by Gasteiger charge is -2.09. The highest BCUT2D eigenvalue weighted by molar-refractivity contribution is 6.44. The highest BCUT2D eigenvalue weighted by atomic mass is 35.5. The number of rotatable bonds is 2. The van der Waals surface area contributed by atoms with Gasteiger partial charge in [0, 0.05) is 0 Å². The van der Waals surface area contributed by atoms with Crippen LogP contribution < -0.4 is 10.9 Å². The number of carbonyl (C=O) groups excluding carboxylic acids is 1. The van der Waals surface area contributed by atoms with Crippen LogP contribution in [0.3, 0.4) is 0 Å². The number of benzene rings is 1. The number of nitrogens with one attached hydrogen (secondary N) is 2. The lowest BCUT2D eigenvalue weighted by Crippen LogP contribution is -2.26. The summed E-state index contributed by atoms with van der Waals surface area (Å²) in [5.41, 5.74) is 0.141. The van der Waals surface area contributed by atoms with Crippen molar-refractivity contribution in [2.45, 2.75) is 13.8 Å². The summed E-state index contributed by atoms with van der Waals surface area (Å²) < 4.78 is 0. The van der Waals surface area contributed by atoms with Gasteiger partial charge in [-0.25, -0.2) is 4.98 Å². The Hall–Kier alpha value is -1.85. The van der Waals surface area contributed by atoms with Crippen molar-refractivity contribution in [2.24, 2.45) is 0 Å². The average molecular weight is 312 g/mol. The van der Waals surface area contributed by atoms with Crippen LogP contribution in [0.1, 0.15) is 21.9 Å². The van der Waals surface area contributed by atoms with Crippen LogP contribution in [-0.2, 0) is 0 Å². The van der Waals surface area contributed by atoms with Crippen molar-refractivity contribution in [3.8, 4) is 0 Å². The third-order valence-electron chi connectivity index (χ3n) is 2.65. The third-order valence-corrected chi connectivity index (χ3v) is 3.46. The van der Waals surface area contributed by atoms with Crippen molar-refractivity contribution >= 4 is 34.8 Å². The van der Waals surface area contributed by atoms with Crippen molar-refractivity contribution in [1.29, 1.82) is 0 Å². The molecular formula is C13H11Cl2N3O2. The predicted octanol–water partition coefficient (Wildman–Crippen LogP) is 2.95. The number of anilines is 1. The number of H-pyrrole nitrogens is 1. The standard InChI is InChI=1S/C13H11Cl2N3O2/c1-6-10(12(19)17-7(2)16-6)13(20)18-9-5-3-4-8(14)11(9)15/h3-5H,1-2H3,(H,18,20)(H,16,17,19). The zero-order valence-electron chi connectivity index (χ0n) is 10.8. The molecule has 2 aromatic rings. The van der Waals surface area contributed by atoms with Crippen LogP contribution in [-0.4, -0.2) is 15.9 Å². The molecule has 0 bridgehead atoms. The van der Waals surface area contributed by atoms with Crippen LogP contribution in [0.2, 0.25) is 10.0 Å². The molecule has 0 aliphatic rings. The first-order valence-electron chi connectivity index (χ1n) is 5.73. The summed E-state index contributed by atoms with van der Waals surface area (Å²) in [5, 5.41) is 3.09. The molecule has 0 unspecified atom stereocenters. The van der Waals surface area contributed by atoms with E-state index in [1.54, 1.807) is 32.0 Å². The molecule has 1 amide bonds. The van der Waals surface area contributed by atoms with Crippen LogP contribution in [0.4, 0.5) is 5.69 Å². The van der Waals surface area contributed by atoms with Crippen LogP contribution in [0, 0.1) is 13.8 Å². The normalized spacial score (nSPS) is 10.4. The Kier molecular flexibility index (Phi) is 4.11. The number of carbonyl (C=O) groups is 1. The van der Waals surface area contributed by atoms with Gasteiger partial charge in [-0.05, 0) is 26.0 Å². The number of aromatic nitrogens is 2. The van der Waals surface area contributed by atoms with Gasteiger partial charge in [-0.2, -0.15) is 0 Å². The molecule has 20 heavy (non-hydrogen) atoms. The predicted molar refractivity (Wildman–Crippen MR) is 78.7 cm³/mol. The van der Waals surface area contributed by atoms with Crippen LogP contribution >= 0.6 is 23.2 Å². The molecule has 0 atom stereocenters. The minimum absolute atomic E-state index is 0.0494. The Morgan fingerprint density at radius 3 is 2.65 bits per heavy atom. The molecule has 2 N–H and O–H groups in total. The van der Waals surface area contributed by atoms with E-state index < -0.39 is 11.5 Å². The monoisotopic (exact) mass is 311 g/mol. The van der Waals surface area contributed by atoms with Crippen LogP contribution in [0.15, 0.2) is 23.0 Å². The summed E-state index contributed by atoms with van der Waals surface area (Å²) in [4.78, 5) is 30.5. The molecule has 1 aromatic carbocycles. The maximum absolute atomic E-state index is 12.2. The molecule has 2 rings (SSSR count). The summed E-state index contributed by atoms with van der Waals surface area (Å²) in [5.74, 6) is -0.134. The van der Waals surface area contributed by atoms with E-state index in [0.717, 1.165) is 0 Å². The molecule has 0 aliphatic carbocycles. The van der Waals surface area contributed by atoms with Crippen molar-refractivity contribution in [3.05, 3.63) is 55.7 Å². The zero-order chi connectivity index (χ0) is 14.9. The van der Waals surface area contributed by atoms with Crippen molar-refractivity contribution < 1.29 is 4.79 Å². The van der Waals surface area contributed by atoms with E-state index >= 15 is 0 Å². The maximum Gasteiger partial charge on any atom is 0.264 e. The van der Waals surface area contributed by atoms with Crippen LogP contribution in [0.5, 0.6) is 0 Å². The average Bonchev–Trinajstić information content (AvgIpc) is 2.33. The zero-order valence-corrected chi connectivity index (χ0v) is 12.3. The molecule has 0 aliphatic heterocycles. The largest absolute Gasteiger partial charge is 0.320 e. The second-order valence-corrected chi connectivity index (χ2v) is 4.95. The van der Waals surface area contributed by atoms with E-state index in [0.29, 0.717) is 22.2 Å². The molecule has 1 heterocycles. The Balaban J connectivity index is 2.39. The number of aryl methyl sites for hydroxylation is 2. The summed E-state index contributed by atoms with van der Waals surface area (Å²) in [6.45, 7) is 3.24. The fraction of sp³-hybridized carbons (Fsp3) is 0.154. The summed E-state index contributed by atoms with van der Waals surface area (Å²) >= 11 is 11.8. The van der Waals surface area contributed by atoms with E-state index in [2.05, 4.69) is 15.3 Å². The van der Waals surface area contributed by atoms with Gasteiger partial charge in [0.15, 0.2) is 0 Å². The van der Waals surface area contributed by atoms with E-state index in [1.165, 1.54) is 0 Å². The number of hydrogen-bond acceptors (Lipinski definition) is 3. The smallest absolute Gasteiger partial charge is 0.264 e. The number of amides is 1. The Morgan fingerprint density at radius 1 is 1.30 bits per heavy atom. The van der Waals surface area contributed by atoms with Crippen LogP contribution in [0.25, 0.3) is 0 Å². The van der Waals surface area contributed by atoms with Gasteiger partial charge in [0.05, 0.1) is 21.4 Å². The molecule has 0 saturated carbocycles. The fourth-order valence-electron chi connectivity index (χ4n) is 1.78. The van der Waals surface area contributed by atoms with Gasteiger partial charge in [-0.15, -0.1) is 0 Å². The Labute approximate surface area is 125 Å². The molecule has 1 aromatic heterocycles. The third kappa shape index (κ3) is 2.84. The van der Waals surface area contributed by atoms with Gasteiger partial charge in [0.2, 0.25) is 0 Å². The minimum atomic E-state index is -0.583. The van der Waals surface area contributed by atoms with Gasteiger partial charge in [-0.3, -0.25) is 9.59 Å². The van der Waals surface area contributed by atoms with E-state index in [-0.39, 0.29) is 10.6 Å². The summed E-state index contributed by atoms with van der Waals surface area (Å²) in [6.07, 6.45) is 0. The number of halogens is 2. The first-order chi connectivity index (χ1) is 9.40.